The average Bonchev–Trinajstić information content (AvgIpc) is 2.36. The summed E-state index contributed by atoms with van der Waals surface area (Å²) in [5.41, 5.74) is 0. The Bertz CT molecular complexity index is 224. The van der Waals surface area contributed by atoms with Crippen LogP contribution in [0.5, 0.6) is 0 Å². The number of hydrogen-bond donors (Lipinski definition) is 1. The lowest BCUT2D eigenvalue weighted by molar-refractivity contribution is -0.116. The van der Waals surface area contributed by atoms with Crippen molar-refractivity contribution in [2.75, 3.05) is 5.01 Å². The van der Waals surface area contributed by atoms with Crippen molar-refractivity contribution in [1.82, 2.24) is 0 Å². The van der Waals surface area contributed by atoms with Gasteiger partial charge in [-0.2, -0.15) is 0 Å². The average molecular weight is 192 g/mol. The molecule has 62 valence electrons. The van der Waals surface area contributed by atoms with Gasteiger partial charge in [-0.15, -0.1) is 11.3 Å². The predicted octanol–water partition coefficient (Wildman–Crippen LogP) is -2.02. The maximum Gasteiger partial charge on any atom is 0.238 e. The molecule has 1 aromatic heterocycles. The van der Waals surface area contributed by atoms with Gasteiger partial charge in [0.25, 0.3) is 0 Å². The Morgan fingerprint density at radius 2 is 2.36 bits per heavy atom. The number of nitrogens with two attached hydrogens (primary N) is 1. The third-order valence-electron chi connectivity index (χ3n) is 1.08. The molecule has 1 heterocycles. The first-order chi connectivity index (χ1) is 4.72. The van der Waals surface area contributed by atoms with Crippen molar-refractivity contribution in [3.63, 3.8) is 0 Å². The van der Waals surface area contributed by atoms with Crippen molar-refractivity contribution >= 4 is 22.2 Å². The van der Waals surface area contributed by atoms with Gasteiger partial charge in [0.05, 0.1) is 0 Å². The molecule has 0 atom stereocenters. The maximum atomic E-state index is 10.6. The summed E-state index contributed by atoms with van der Waals surface area (Å²) in [4.78, 5) is 10.6. The summed E-state index contributed by atoms with van der Waals surface area (Å²) in [6, 6.07) is 3.65. The van der Waals surface area contributed by atoms with E-state index in [4.69, 9.17) is 5.84 Å². The molecule has 0 unspecified atom stereocenters. The molecule has 5 heteroatoms. The first-order valence-corrected chi connectivity index (χ1v) is 3.68. The third kappa shape index (κ3) is 2.49. The van der Waals surface area contributed by atoms with Crippen LogP contribution >= 0.6 is 11.3 Å². The Morgan fingerprint density at radius 1 is 1.73 bits per heavy atom. The number of thiophene rings is 1. The molecule has 11 heavy (non-hydrogen) atoms. The molecule has 1 aromatic rings. The molecule has 2 N–H and O–H groups in total. The van der Waals surface area contributed by atoms with E-state index in [1.54, 1.807) is 6.07 Å². The van der Waals surface area contributed by atoms with Crippen LogP contribution in [0.15, 0.2) is 17.5 Å². The third-order valence-corrected chi connectivity index (χ3v) is 1.95. The first-order valence-electron chi connectivity index (χ1n) is 2.80. The minimum Gasteiger partial charge on any atom is -1.00 e. The highest BCUT2D eigenvalue weighted by atomic mass is 35.5. The molecule has 0 saturated heterocycles. The van der Waals surface area contributed by atoms with Gasteiger partial charge in [-0.25, -0.2) is 10.9 Å². The highest BCUT2D eigenvalue weighted by Gasteiger charge is 2.04. The van der Waals surface area contributed by atoms with Crippen molar-refractivity contribution in [1.29, 1.82) is 0 Å². The van der Waals surface area contributed by atoms with Gasteiger partial charge in [-0.05, 0) is 17.5 Å². The largest absolute Gasteiger partial charge is 1.00 e. The number of carbonyl (C=O) groups excluding carboxylic acids is 1. The van der Waals surface area contributed by atoms with Crippen LogP contribution in [0, 0.1) is 0 Å². The predicted molar refractivity (Wildman–Crippen MR) is 41.7 cm³/mol. The summed E-state index contributed by atoms with van der Waals surface area (Å²) in [5, 5.41) is 3.77. The summed E-state index contributed by atoms with van der Waals surface area (Å²) in [7, 11) is 0. The van der Waals surface area contributed by atoms with Crippen LogP contribution in [0.4, 0.5) is 5.00 Å². The molecule has 0 radical (unpaired) electrons. The summed E-state index contributed by atoms with van der Waals surface area (Å²) in [5.74, 6) is 5.23. The van der Waals surface area contributed by atoms with E-state index < -0.39 is 0 Å². The SMILES string of the molecule is CC(=O)N(N)c1cccs1.[Cl-]. The summed E-state index contributed by atoms with van der Waals surface area (Å²) < 4.78 is 0. The van der Waals surface area contributed by atoms with Crippen molar-refractivity contribution < 1.29 is 17.2 Å². The van der Waals surface area contributed by atoms with Crippen molar-refractivity contribution in [3.8, 4) is 0 Å². The minimum absolute atomic E-state index is 0. The Hall–Kier alpha value is -0.580. The smallest absolute Gasteiger partial charge is 0.238 e. The van der Waals surface area contributed by atoms with Gasteiger partial charge in [-0.3, -0.25) is 4.79 Å². The number of halogens is 1. The molecule has 0 saturated carbocycles. The Balaban J connectivity index is 0.000001000. The van der Waals surface area contributed by atoms with Gasteiger partial charge < -0.3 is 12.4 Å². The Kier molecular flexibility index (Phi) is 4.10. The molecule has 0 aliphatic rings. The fraction of sp³-hybridized carbons (Fsp3) is 0.167. The van der Waals surface area contributed by atoms with Gasteiger partial charge in [0, 0.05) is 6.92 Å². The zero-order valence-electron chi connectivity index (χ0n) is 5.95. The summed E-state index contributed by atoms with van der Waals surface area (Å²) >= 11 is 1.44. The number of hydrazine groups is 1. The number of nitrogens with zero attached hydrogens (tertiary/aromatic N) is 1. The summed E-state index contributed by atoms with van der Waals surface area (Å²) in [6.45, 7) is 1.43. The van der Waals surface area contributed by atoms with Crippen LogP contribution < -0.4 is 23.3 Å². The first kappa shape index (κ1) is 10.4. The lowest BCUT2D eigenvalue weighted by Gasteiger charge is -2.09. The molecule has 1 rings (SSSR count). The Morgan fingerprint density at radius 3 is 2.73 bits per heavy atom. The van der Waals surface area contributed by atoms with E-state index >= 15 is 0 Å². The van der Waals surface area contributed by atoms with Crippen LogP contribution in [0.3, 0.4) is 0 Å². The summed E-state index contributed by atoms with van der Waals surface area (Å²) in [6.07, 6.45) is 0. The molecule has 0 aromatic carbocycles. The van der Waals surface area contributed by atoms with Gasteiger partial charge in [0.1, 0.15) is 5.00 Å². The van der Waals surface area contributed by atoms with E-state index in [-0.39, 0.29) is 18.3 Å². The number of carbonyl (C=O) groups is 1. The zero-order chi connectivity index (χ0) is 7.56. The number of amides is 1. The molecule has 0 aliphatic carbocycles. The van der Waals surface area contributed by atoms with Gasteiger partial charge in [-0.1, -0.05) is 0 Å². The van der Waals surface area contributed by atoms with E-state index in [9.17, 15) is 4.79 Å². The standard InChI is InChI=1S/C6H8N2OS.ClH/c1-5(9)8(7)6-3-2-4-10-6;/h2-4H,7H2,1H3;1H/p-1. The van der Waals surface area contributed by atoms with E-state index in [1.807, 2.05) is 11.4 Å². The van der Waals surface area contributed by atoms with Crippen LogP contribution in [0.2, 0.25) is 0 Å². The molecular weight excluding hydrogens is 184 g/mol. The van der Waals surface area contributed by atoms with E-state index in [0.717, 1.165) is 10.0 Å². The molecule has 1 amide bonds. The molecule has 3 nitrogen and oxygen atoms in total. The normalized spacial score (nSPS) is 8.55. The van der Waals surface area contributed by atoms with E-state index in [2.05, 4.69) is 0 Å². The van der Waals surface area contributed by atoms with E-state index in [0.29, 0.717) is 0 Å². The van der Waals surface area contributed by atoms with Crippen molar-refractivity contribution in [3.05, 3.63) is 17.5 Å². The quantitative estimate of drug-likeness (QED) is 0.317. The van der Waals surface area contributed by atoms with Crippen LogP contribution in [0.1, 0.15) is 6.92 Å². The van der Waals surface area contributed by atoms with Gasteiger partial charge in [0.2, 0.25) is 5.91 Å². The second-order valence-corrected chi connectivity index (χ2v) is 2.77. The molecular formula is C6H8ClN2OS-. The molecule has 0 aliphatic heterocycles. The lowest BCUT2D eigenvalue weighted by Crippen LogP contribution is -3.00. The highest BCUT2D eigenvalue weighted by Crippen LogP contribution is 2.17. The zero-order valence-corrected chi connectivity index (χ0v) is 7.52. The second kappa shape index (κ2) is 4.33. The molecule has 0 bridgehead atoms. The minimum atomic E-state index is -0.151. The number of hydrogen-bond acceptors (Lipinski definition) is 3. The monoisotopic (exact) mass is 191 g/mol. The topological polar surface area (TPSA) is 46.3 Å². The van der Waals surface area contributed by atoms with Gasteiger partial charge >= 0.3 is 0 Å². The molecule has 0 fully saturated rings. The Labute approximate surface area is 75.2 Å². The van der Waals surface area contributed by atoms with Crippen LogP contribution in [0.25, 0.3) is 0 Å². The number of anilines is 1. The van der Waals surface area contributed by atoms with Gasteiger partial charge in [0.15, 0.2) is 0 Å². The maximum absolute atomic E-state index is 10.6. The number of rotatable bonds is 1. The van der Waals surface area contributed by atoms with E-state index in [1.165, 1.54) is 18.3 Å². The van der Waals surface area contributed by atoms with Crippen LogP contribution in [-0.2, 0) is 4.79 Å². The van der Waals surface area contributed by atoms with Crippen molar-refractivity contribution in [2.45, 2.75) is 6.92 Å². The highest BCUT2D eigenvalue weighted by molar-refractivity contribution is 7.14. The lowest BCUT2D eigenvalue weighted by atomic mass is 10.6. The van der Waals surface area contributed by atoms with Crippen LogP contribution in [-0.4, -0.2) is 5.91 Å². The molecule has 0 spiro atoms. The second-order valence-electron chi connectivity index (χ2n) is 1.84. The fourth-order valence-electron chi connectivity index (χ4n) is 0.562. The van der Waals surface area contributed by atoms with Crippen molar-refractivity contribution in [2.24, 2.45) is 5.84 Å². The fourth-order valence-corrected chi connectivity index (χ4v) is 1.26.